The standard InChI is InChI=1S/C15H22N2O3S/c1-2-15(14(19)20)6-8-17(11-15)10-13(18)16-7-5-12-4-3-9-21-12/h3-4,9H,2,5-8,10-11H2,1H3,(H,16,18)(H,19,20). The third-order valence-corrected chi connectivity index (χ3v) is 5.14. The number of carboxylic acids is 1. The minimum Gasteiger partial charge on any atom is -0.481 e. The van der Waals surface area contributed by atoms with Crippen LogP contribution in [0.2, 0.25) is 0 Å². The molecule has 2 N–H and O–H groups in total. The van der Waals surface area contributed by atoms with Gasteiger partial charge in [-0.1, -0.05) is 13.0 Å². The van der Waals surface area contributed by atoms with Gasteiger partial charge in [-0.25, -0.2) is 0 Å². The average Bonchev–Trinajstić information content (AvgIpc) is 3.08. The number of carboxylic acid groups (broad SMARTS) is 1. The molecule has 1 aliphatic heterocycles. The van der Waals surface area contributed by atoms with E-state index in [0.717, 1.165) is 6.42 Å². The van der Waals surface area contributed by atoms with Crippen molar-refractivity contribution in [2.45, 2.75) is 26.2 Å². The first-order chi connectivity index (χ1) is 10.1. The third-order valence-electron chi connectivity index (χ3n) is 4.20. The summed E-state index contributed by atoms with van der Waals surface area (Å²) in [5, 5.41) is 14.3. The van der Waals surface area contributed by atoms with Crippen molar-refractivity contribution in [2.75, 3.05) is 26.2 Å². The molecule has 21 heavy (non-hydrogen) atoms. The minimum absolute atomic E-state index is 0.0242. The molecule has 1 aromatic rings. The Morgan fingerprint density at radius 3 is 2.90 bits per heavy atom. The Kier molecular flexibility index (Phi) is 5.36. The van der Waals surface area contributed by atoms with Crippen LogP contribution in [0.3, 0.4) is 0 Å². The molecule has 6 heteroatoms. The fraction of sp³-hybridized carbons (Fsp3) is 0.600. The van der Waals surface area contributed by atoms with E-state index in [1.807, 2.05) is 23.3 Å². The van der Waals surface area contributed by atoms with Gasteiger partial charge in [0, 0.05) is 18.0 Å². The summed E-state index contributed by atoms with van der Waals surface area (Å²) in [6.45, 7) is 3.97. The monoisotopic (exact) mass is 310 g/mol. The van der Waals surface area contributed by atoms with Gasteiger partial charge in [0.2, 0.25) is 5.91 Å². The molecule has 2 heterocycles. The molecule has 1 unspecified atom stereocenters. The zero-order valence-corrected chi connectivity index (χ0v) is 13.1. The van der Waals surface area contributed by atoms with Crippen LogP contribution in [-0.2, 0) is 16.0 Å². The Morgan fingerprint density at radius 1 is 1.52 bits per heavy atom. The Bertz CT molecular complexity index is 489. The van der Waals surface area contributed by atoms with E-state index in [0.29, 0.717) is 39.0 Å². The highest BCUT2D eigenvalue weighted by atomic mass is 32.1. The van der Waals surface area contributed by atoms with Crippen molar-refractivity contribution in [3.8, 4) is 0 Å². The Balaban J connectivity index is 1.72. The second kappa shape index (κ2) is 7.04. The summed E-state index contributed by atoms with van der Waals surface area (Å²) >= 11 is 1.69. The van der Waals surface area contributed by atoms with Gasteiger partial charge in [0.05, 0.1) is 12.0 Å². The molecule has 0 aromatic carbocycles. The van der Waals surface area contributed by atoms with E-state index >= 15 is 0 Å². The second-order valence-corrected chi connectivity index (χ2v) is 6.61. The topological polar surface area (TPSA) is 69.6 Å². The lowest BCUT2D eigenvalue weighted by Crippen LogP contribution is -2.39. The molecule has 2 rings (SSSR count). The summed E-state index contributed by atoms with van der Waals surface area (Å²) in [5.74, 6) is -0.769. The first-order valence-electron chi connectivity index (χ1n) is 7.30. The van der Waals surface area contributed by atoms with Crippen LogP contribution in [0.1, 0.15) is 24.6 Å². The quantitative estimate of drug-likeness (QED) is 0.802. The fourth-order valence-electron chi connectivity index (χ4n) is 2.75. The lowest BCUT2D eigenvalue weighted by Gasteiger charge is -2.22. The molecule has 0 bridgehead atoms. The summed E-state index contributed by atoms with van der Waals surface area (Å²) < 4.78 is 0. The number of nitrogens with one attached hydrogen (secondary N) is 1. The number of aliphatic carboxylic acids is 1. The van der Waals surface area contributed by atoms with Crippen LogP contribution in [0.25, 0.3) is 0 Å². The van der Waals surface area contributed by atoms with E-state index in [2.05, 4.69) is 11.4 Å². The van der Waals surface area contributed by atoms with Crippen molar-refractivity contribution < 1.29 is 14.7 Å². The SMILES string of the molecule is CCC1(C(=O)O)CCN(CC(=O)NCCc2cccs2)C1. The van der Waals surface area contributed by atoms with E-state index < -0.39 is 11.4 Å². The molecule has 1 amide bonds. The number of amides is 1. The van der Waals surface area contributed by atoms with Gasteiger partial charge in [-0.3, -0.25) is 14.5 Å². The second-order valence-electron chi connectivity index (χ2n) is 5.58. The number of rotatable bonds is 7. The smallest absolute Gasteiger partial charge is 0.310 e. The average molecular weight is 310 g/mol. The van der Waals surface area contributed by atoms with E-state index in [1.54, 1.807) is 11.3 Å². The Hall–Kier alpha value is -1.40. The number of carbonyl (C=O) groups excluding carboxylic acids is 1. The summed E-state index contributed by atoms with van der Waals surface area (Å²) in [4.78, 5) is 26.5. The van der Waals surface area contributed by atoms with Crippen LogP contribution in [0, 0.1) is 5.41 Å². The maximum absolute atomic E-state index is 11.9. The molecular formula is C15H22N2O3S. The van der Waals surface area contributed by atoms with Crippen molar-refractivity contribution in [1.29, 1.82) is 0 Å². The number of hydrogen-bond acceptors (Lipinski definition) is 4. The van der Waals surface area contributed by atoms with Gasteiger partial charge in [0.15, 0.2) is 0 Å². The van der Waals surface area contributed by atoms with Crippen molar-refractivity contribution in [1.82, 2.24) is 10.2 Å². The van der Waals surface area contributed by atoms with Crippen molar-refractivity contribution in [3.05, 3.63) is 22.4 Å². The van der Waals surface area contributed by atoms with Gasteiger partial charge in [0.1, 0.15) is 0 Å². The number of likely N-dealkylation sites (tertiary alicyclic amines) is 1. The van der Waals surface area contributed by atoms with E-state index in [4.69, 9.17) is 0 Å². The lowest BCUT2D eigenvalue weighted by molar-refractivity contribution is -0.148. The van der Waals surface area contributed by atoms with E-state index in [1.165, 1.54) is 4.88 Å². The molecule has 0 aliphatic carbocycles. The maximum atomic E-state index is 11.9. The highest BCUT2D eigenvalue weighted by molar-refractivity contribution is 7.09. The van der Waals surface area contributed by atoms with Gasteiger partial charge in [-0.05, 0) is 37.3 Å². The van der Waals surface area contributed by atoms with Crippen LogP contribution in [0.4, 0.5) is 0 Å². The molecule has 0 saturated carbocycles. The number of carbonyl (C=O) groups is 2. The molecule has 1 aromatic heterocycles. The van der Waals surface area contributed by atoms with Crippen LogP contribution in [0.5, 0.6) is 0 Å². The first kappa shape index (κ1) is 16.0. The number of nitrogens with zero attached hydrogens (tertiary/aromatic N) is 1. The predicted molar refractivity (Wildman–Crippen MR) is 82.4 cm³/mol. The highest BCUT2D eigenvalue weighted by Crippen LogP contribution is 2.33. The lowest BCUT2D eigenvalue weighted by atomic mass is 9.84. The molecule has 0 spiro atoms. The van der Waals surface area contributed by atoms with Crippen molar-refractivity contribution >= 4 is 23.2 Å². The zero-order valence-electron chi connectivity index (χ0n) is 12.3. The molecule has 0 radical (unpaired) electrons. The van der Waals surface area contributed by atoms with Crippen LogP contribution in [0.15, 0.2) is 17.5 Å². The zero-order chi connectivity index (χ0) is 15.3. The molecule has 1 aliphatic rings. The first-order valence-corrected chi connectivity index (χ1v) is 8.18. The maximum Gasteiger partial charge on any atom is 0.310 e. The summed E-state index contributed by atoms with van der Waals surface area (Å²) in [7, 11) is 0. The predicted octanol–water partition coefficient (Wildman–Crippen LogP) is 1.59. The summed E-state index contributed by atoms with van der Waals surface area (Å²) in [5.41, 5.74) is -0.669. The Labute approximate surface area is 129 Å². The van der Waals surface area contributed by atoms with Crippen LogP contribution in [-0.4, -0.2) is 48.1 Å². The van der Waals surface area contributed by atoms with Crippen molar-refractivity contribution in [2.24, 2.45) is 5.41 Å². The number of thiophene rings is 1. The minimum atomic E-state index is -0.745. The van der Waals surface area contributed by atoms with Crippen molar-refractivity contribution in [3.63, 3.8) is 0 Å². The third kappa shape index (κ3) is 4.04. The summed E-state index contributed by atoms with van der Waals surface area (Å²) in [6, 6.07) is 4.06. The normalized spacial score (nSPS) is 22.3. The van der Waals surface area contributed by atoms with Gasteiger partial charge in [-0.15, -0.1) is 11.3 Å². The van der Waals surface area contributed by atoms with Gasteiger partial charge < -0.3 is 10.4 Å². The van der Waals surface area contributed by atoms with E-state index in [-0.39, 0.29) is 5.91 Å². The van der Waals surface area contributed by atoms with Gasteiger partial charge in [-0.2, -0.15) is 0 Å². The fourth-order valence-corrected chi connectivity index (χ4v) is 3.46. The molecule has 116 valence electrons. The highest BCUT2D eigenvalue weighted by Gasteiger charge is 2.43. The molecule has 1 fully saturated rings. The molecule has 1 atom stereocenters. The van der Waals surface area contributed by atoms with Gasteiger partial charge in [0.25, 0.3) is 0 Å². The number of hydrogen-bond donors (Lipinski definition) is 2. The Morgan fingerprint density at radius 2 is 2.33 bits per heavy atom. The molecule has 1 saturated heterocycles. The van der Waals surface area contributed by atoms with E-state index in [9.17, 15) is 14.7 Å². The van der Waals surface area contributed by atoms with Gasteiger partial charge >= 0.3 is 5.97 Å². The molecular weight excluding hydrogens is 288 g/mol. The summed E-state index contributed by atoms with van der Waals surface area (Å²) in [6.07, 6.45) is 2.08. The largest absolute Gasteiger partial charge is 0.481 e. The molecule has 5 nitrogen and oxygen atoms in total. The van der Waals surface area contributed by atoms with Crippen LogP contribution >= 0.6 is 11.3 Å². The van der Waals surface area contributed by atoms with Crippen LogP contribution < -0.4 is 5.32 Å².